The highest BCUT2D eigenvalue weighted by atomic mass is 16.5. The largest absolute Gasteiger partial charge is 0.435 e. The van der Waals surface area contributed by atoms with Gasteiger partial charge in [0.15, 0.2) is 0 Å². The van der Waals surface area contributed by atoms with Crippen molar-refractivity contribution in [2.75, 3.05) is 0 Å². The lowest BCUT2D eigenvalue weighted by Crippen LogP contribution is -1.98. The van der Waals surface area contributed by atoms with Crippen molar-refractivity contribution in [3.05, 3.63) is 12.3 Å². The fourth-order valence-electron chi connectivity index (χ4n) is 3.05. The van der Waals surface area contributed by atoms with Gasteiger partial charge in [-0.05, 0) is 25.3 Å². The van der Waals surface area contributed by atoms with Gasteiger partial charge in [0.25, 0.3) is 0 Å². The molecule has 2 heteroatoms. The first kappa shape index (κ1) is 24.2. The molecule has 148 valence electrons. The summed E-state index contributed by atoms with van der Waals surface area (Å²) in [6.45, 7) is 4.47. The van der Waals surface area contributed by atoms with Gasteiger partial charge in [-0.25, -0.2) is 0 Å². The Morgan fingerprint density at radius 3 is 1.60 bits per heavy atom. The van der Waals surface area contributed by atoms with Gasteiger partial charge in [0.1, 0.15) is 0 Å². The van der Waals surface area contributed by atoms with Gasteiger partial charge in [-0.3, -0.25) is 4.79 Å². The Bertz CT molecular complexity index is 296. The van der Waals surface area contributed by atoms with Crippen molar-refractivity contribution in [1.29, 1.82) is 0 Å². The molecule has 25 heavy (non-hydrogen) atoms. The summed E-state index contributed by atoms with van der Waals surface area (Å²) in [5.74, 6) is -0.0742. The minimum absolute atomic E-state index is 0.0742. The van der Waals surface area contributed by atoms with Gasteiger partial charge in [-0.15, -0.1) is 0 Å². The van der Waals surface area contributed by atoms with Gasteiger partial charge in [0, 0.05) is 6.42 Å². The standard InChI is InChI=1S/C23H44O2/c1-3-5-7-9-10-11-12-13-14-15-16-17-19-21-23(24)25-22-20-18-8-6-4-2/h20,22H,3-19,21H2,1-2H3. The lowest BCUT2D eigenvalue weighted by Gasteiger charge is -2.03. The van der Waals surface area contributed by atoms with E-state index < -0.39 is 0 Å². The van der Waals surface area contributed by atoms with Crippen LogP contribution in [0.5, 0.6) is 0 Å². The van der Waals surface area contributed by atoms with E-state index in [4.69, 9.17) is 4.74 Å². The van der Waals surface area contributed by atoms with Crippen molar-refractivity contribution in [2.24, 2.45) is 0 Å². The van der Waals surface area contributed by atoms with Gasteiger partial charge in [-0.2, -0.15) is 0 Å². The van der Waals surface area contributed by atoms with E-state index in [-0.39, 0.29) is 5.97 Å². The van der Waals surface area contributed by atoms with Crippen molar-refractivity contribution in [2.45, 2.75) is 129 Å². The molecule has 0 aliphatic heterocycles. The predicted molar refractivity (Wildman–Crippen MR) is 110 cm³/mol. The highest BCUT2D eigenvalue weighted by Crippen LogP contribution is 2.13. The quantitative estimate of drug-likeness (QED) is 0.133. The molecule has 0 aromatic carbocycles. The fraction of sp³-hybridized carbons (Fsp3) is 0.870. The summed E-state index contributed by atoms with van der Waals surface area (Å²) in [7, 11) is 0. The number of rotatable bonds is 19. The van der Waals surface area contributed by atoms with Crippen LogP contribution in [0.1, 0.15) is 129 Å². The summed E-state index contributed by atoms with van der Waals surface area (Å²) in [6.07, 6.45) is 26.1. The number of unbranched alkanes of at least 4 members (excludes halogenated alkanes) is 15. The summed E-state index contributed by atoms with van der Waals surface area (Å²) >= 11 is 0. The molecule has 0 spiro atoms. The summed E-state index contributed by atoms with van der Waals surface area (Å²) in [4.78, 5) is 11.6. The molecule has 0 amide bonds. The average molecular weight is 353 g/mol. The molecule has 0 N–H and O–H groups in total. The molecule has 0 fully saturated rings. The molecule has 0 rings (SSSR count). The maximum Gasteiger partial charge on any atom is 0.310 e. The number of hydrogen-bond donors (Lipinski definition) is 0. The SMILES string of the molecule is CCCCCC=COC(=O)CCCCCCCCCCCCCCC. The van der Waals surface area contributed by atoms with Crippen molar-refractivity contribution >= 4 is 5.97 Å². The third-order valence-corrected chi connectivity index (χ3v) is 4.75. The van der Waals surface area contributed by atoms with E-state index in [1.807, 2.05) is 6.08 Å². The Morgan fingerprint density at radius 1 is 0.640 bits per heavy atom. The molecule has 0 heterocycles. The summed E-state index contributed by atoms with van der Waals surface area (Å²) in [5.41, 5.74) is 0. The van der Waals surface area contributed by atoms with Crippen LogP contribution in [0.4, 0.5) is 0 Å². The van der Waals surface area contributed by atoms with E-state index in [9.17, 15) is 4.79 Å². The van der Waals surface area contributed by atoms with Crippen LogP contribution in [-0.4, -0.2) is 5.97 Å². The first-order chi connectivity index (χ1) is 12.3. The Labute approximate surface area is 157 Å². The van der Waals surface area contributed by atoms with Crippen LogP contribution < -0.4 is 0 Å². The molecule has 0 atom stereocenters. The fourth-order valence-corrected chi connectivity index (χ4v) is 3.05. The maximum atomic E-state index is 11.6. The Hall–Kier alpha value is -0.790. The van der Waals surface area contributed by atoms with E-state index in [1.54, 1.807) is 6.26 Å². The number of esters is 1. The number of hydrogen-bond acceptors (Lipinski definition) is 2. The zero-order chi connectivity index (χ0) is 18.4. The Kier molecular flexibility index (Phi) is 20.6. The monoisotopic (exact) mass is 352 g/mol. The zero-order valence-corrected chi connectivity index (χ0v) is 17.2. The number of allylic oxidation sites excluding steroid dienone is 1. The van der Waals surface area contributed by atoms with Crippen molar-refractivity contribution in [3.63, 3.8) is 0 Å². The summed E-state index contributed by atoms with van der Waals surface area (Å²) < 4.78 is 5.11. The first-order valence-electron chi connectivity index (χ1n) is 11.2. The second-order valence-corrected chi connectivity index (χ2v) is 7.35. The predicted octanol–water partition coefficient (Wildman–Crippen LogP) is 8.10. The zero-order valence-electron chi connectivity index (χ0n) is 17.2. The average Bonchev–Trinajstić information content (AvgIpc) is 2.62. The molecule has 0 saturated heterocycles. The van der Waals surface area contributed by atoms with Crippen LogP contribution in [-0.2, 0) is 9.53 Å². The second kappa shape index (κ2) is 21.3. The van der Waals surface area contributed by atoms with Crippen molar-refractivity contribution < 1.29 is 9.53 Å². The molecule has 0 aliphatic rings. The highest BCUT2D eigenvalue weighted by Gasteiger charge is 2.00. The molecule has 0 radical (unpaired) electrons. The molecular weight excluding hydrogens is 308 g/mol. The minimum Gasteiger partial charge on any atom is -0.435 e. The second-order valence-electron chi connectivity index (χ2n) is 7.35. The van der Waals surface area contributed by atoms with Gasteiger partial charge < -0.3 is 4.74 Å². The molecule has 0 saturated carbocycles. The Balaban J connectivity index is 3.18. The van der Waals surface area contributed by atoms with Gasteiger partial charge >= 0.3 is 5.97 Å². The number of carbonyl (C=O) groups excluding carboxylic acids is 1. The van der Waals surface area contributed by atoms with Crippen LogP contribution in [0.15, 0.2) is 12.3 Å². The molecule has 0 unspecified atom stereocenters. The molecule has 0 aliphatic carbocycles. The van der Waals surface area contributed by atoms with Crippen LogP contribution in [0, 0.1) is 0 Å². The van der Waals surface area contributed by atoms with Crippen LogP contribution in [0.3, 0.4) is 0 Å². The van der Waals surface area contributed by atoms with Crippen molar-refractivity contribution in [3.8, 4) is 0 Å². The molecular formula is C23H44O2. The van der Waals surface area contributed by atoms with Crippen molar-refractivity contribution in [1.82, 2.24) is 0 Å². The van der Waals surface area contributed by atoms with Crippen LogP contribution in [0.2, 0.25) is 0 Å². The summed E-state index contributed by atoms with van der Waals surface area (Å²) in [5, 5.41) is 0. The smallest absolute Gasteiger partial charge is 0.310 e. The third-order valence-electron chi connectivity index (χ3n) is 4.75. The molecule has 0 bridgehead atoms. The first-order valence-corrected chi connectivity index (χ1v) is 11.2. The van der Waals surface area contributed by atoms with Gasteiger partial charge in [0.2, 0.25) is 0 Å². The minimum atomic E-state index is -0.0742. The Morgan fingerprint density at radius 2 is 1.08 bits per heavy atom. The van der Waals surface area contributed by atoms with Gasteiger partial charge in [-0.1, -0.05) is 104 Å². The van der Waals surface area contributed by atoms with E-state index in [0.29, 0.717) is 6.42 Å². The van der Waals surface area contributed by atoms with E-state index >= 15 is 0 Å². The van der Waals surface area contributed by atoms with Crippen LogP contribution in [0.25, 0.3) is 0 Å². The van der Waals surface area contributed by atoms with Gasteiger partial charge in [0.05, 0.1) is 6.26 Å². The topological polar surface area (TPSA) is 26.3 Å². The molecule has 2 nitrogen and oxygen atoms in total. The van der Waals surface area contributed by atoms with E-state index in [1.165, 1.54) is 89.9 Å². The molecule has 0 aromatic heterocycles. The third kappa shape index (κ3) is 21.2. The highest BCUT2D eigenvalue weighted by molar-refractivity contribution is 5.69. The normalized spacial score (nSPS) is 11.3. The summed E-state index contributed by atoms with van der Waals surface area (Å²) in [6, 6.07) is 0. The van der Waals surface area contributed by atoms with E-state index in [0.717, 1.165) is 19.3 Å². The lowest BCUT2D eigenvalue weighted by atomic mass is 10.0. The van der Waals surface area contributed by atoms with E-state index in [2.05, 4.69) is 13.8 Å². The van der Waals surface area contributed by atoms with Crippen LogP contribution >= 0.6 is 0 Å². The molecule has 0 aromatic rings. The lowest BCUT2D eigenvalue weighted by molar-refractivity contribution is -0.138. The number of carbonyl (C=O) groups is 1. The maximum absolute atomic E-state index is 11.6. The number of ether oxygens (including phenoxy) is 1.